The van der Waals surface area contributed by atoms with Crippen molar-refractivity contribution in [2.75, 3.05) is 6.67 Å². The molecule has 0 aliphatic carbocycles. The van der Waals surface area contributed by atoms with Gasteiger partial charge in [-0.05, 0) is 56.0 Å². The van der Waals surface area contributed by atoms with Crippen molar-refractivity contribution in [3.63, 3.8) is 0 Å². The summed E-state index contributed by atoms with van der Waals surface area (Å²) in [5, 5.41) is 0.875. The van der Waals surface area contributed by atoms with Gasteiger partial charge >= 0.3 is 0 Å². The Morgan fingerprint density at radius 3 is 1.71 bits per heavy atom. The number of amides is 1. The number of carbonyl (C=O) groups is 1. The van der Waals surface area contributed by atoms with Gasteiger partial charge in [0, 0.05) is 10.4 Å². The van der Waals surface area contributed by atoms with E-state index in [1.807, 2.05) is 49.1 Å². The predicted molar refractivity (Wildman–Crippen MR) is 146 cm³/mol. The van der Waals surface area contributed by atoms with Crippen molar-refractivity contribution in [2.24, 2.45) is 5.92 Å². The fraction of sp³-hybridized carbons (Fsp3) is 0.321. The van der Waals surface area contributed by atoms with Crippen LogP contribution in [0.25, 0.3) is 0 Å². The molecule has 3 aromatic carbocycles. The monoisotopic (exact) mass is 555 g/mol. The van der Waals surface area contributed by atoms with Gasteiger partial charge in [0.15, 0.2) is 0 Å². The van der Waals surface area contributed by atoms with Crippen molar-refractivity contribution in [1.82, 2.24) is 13.7 Å². The third-order valence-electron chi connectivity index (χ3n) is 6.47. The van der Waals surface area contributed by atoms with Gasteiger partial charge in [0.25, 0.3) is 26.0 Å². The minimum Gasteiger partial charge on any atom is -0.271 e. The Bertz CT molecular complexity index is 1410. The molecule has 38 heavy (non-hydrogen) atoms. The first-order valence-corrected chi connectivity index (χ1v) is 15.3. The minimum atomic E-state index is -4.67. The van der Waals surface area contributed by atoms with E-state index < -0.39 is 32.0 Å². The highest BCUT2D eigenvalue weighted by Crippen LogP contribution is 2.32. The molecule has 1 amide bonds. The van der Waals surface area contributed by atoms with Crippen LogP contribution in [0, 0.1) is 19.8 Å². The Hall–Kier alpha value is -3.05. The molecule has 1 unspecified atom stereocenters. The lowest BCUT2D eigenvalue weighted by molar-refractivity contribution is -0.134. The standard InChI is InChI=1S/C28H33N3O5S2/c1-21(2)18-27-28(32)30(20-29(27)19-24-8-6-5-7-9-24)31(37(33,34)25-14-10-22(3)11-15-25)38(35,36)26-16-12-23(4)13-17-26/h5-17,21,27H,18-20H2,1-4H3. The Balaban J connectivity index is 1.84. The molecular weight excluding hydrogens is 522 g/mol. The molecule has 3 aromatic rings. The van der Waals surface area contributed by atoms with Crippen molar-refractivity contribution in [3.05, 3.63) is 95.6 Å². The molecule has 0 N–H and O–H groups in total. The maximum Gasteiger partial charge on any atom is 0.274 e. The number of sulfonamides is 2. The molecule has 4 rings (SSSR count). The first-order chi connectivity index (χ1) is 17.9. The average molecular weight is 556 g/mol. The zero-order valence-electron chi connectivity index (χ0n) is 22.0. The molecule has 1 saturated heterocycles. The Morgan fingerprint density at radius 2 is 1.26 bits per heavy atom. The SMILES string of the molecule is Cc1ccc(S(=O)(=O)N(N2CN(Cc3ccccc3)C(CC(C)C)C2=O)S(=O)(=O)c2ccc(C)cc2)cc1. The van der Waals surface area contributed by atoms with Crippen LogP contribution in [-0.2, 0) is 31.4 Å². The zero-order valence-corrected chi connectivity index (χ0v) is 23.6. The predicted octanol–water partition coefficient (Wildman–Crippen LogP) is 4.31. The van der Waals surface area contributed by atoms with Crippen LogP contribution in [0.4, 0.5) is 0 Å². The highest BCUT2D eigenvalue weighted by molar-refractivity contribution is 8.04. The normalized spacial score (nSPS) is 17.1. The second kappa shape index (κ2) is 11.0. The van der Waals surface area contributed by atoms with Crippen molar-refractivity contribution < 1.29 is 21.6 Å². The Morgan fingerprint density at radius 1 is 0.789 bits per heavy atom. The van der Waals surface area contributed by atoms with Crippen LogP contribution in [0.3, 0.4) is 0 Å². The molecular formula is C28H33N3O5S2. The van der Waals surface area contributed by atoms with Crippen molar-refractivity contribution in [1.29, 1.82) is 0 Å². The molecule has 1 heterocycles. The summed E-state index contributed by atoms with van der Waals surface area (Å²) < 4.78 is 56.3. The molecule has 0 bridgehead atoms. The van der Waals surface area contributed by atoms with Crippen LogP contribution in [0.5, 0.6) is 0 Å². The number of aryl methyl sites for hydroxylation is 2. The molecule has 202 valence electrons. The van der Waals surface area contributed by atoms with Gasteiger partial charge in [0.05, 0.1) is 22.5 Å². The van der Waals surface area contributed by atoms with E-state index in [4.69, 9.17) is 0 Å². The topological polar surface area (TPSA) is 95.1 Å². The van der Waals surface area contributed by atoms with Crippen LogP contribution in [0.1, 0.15) is 37.0 Å². The van der Waals surface area contributed by atoms with E-state index in [1.165, 1.54) is 24.3 Å². The first-order valence-electron chi connectivity index (χ1n) is 12.4. The summed E-state index contributed by atoms with van der Waals surface area (Å²) in [6.45, 7) is 7.73. The van der Waals surface area contributed by atoms with Crippen LogP contribution in [-0.4, -0.2) is 49.2 Å². The van der Waals surface area contributed by atoms with Gasteiger partial charge in [0.2, 0.25) is 0 Å². The molecule has 1 fully saturated rings. The van der Waals surface area contributed by atoms with E-state index in [-0.39, 0.29) is 22.4 Å². The van der Waals surface area contributed by atoms with Crippen LogP contribution in [0.2, 0.25) is 0 Å². The van der Waals surface area contributed by atoms with E-state index in [2.05, 4.69) is 0 Å². The fourth-order valence-electron chi connectivity index (χ4n) is 4.46. The summed E-state index contributed by atoms with van der Waals surface area (Å²) >= 11 is 0. The van der Waals surface area contributed by atoms with Gasteiger partial charge in [-0.2, -0.15) is 0 Å². The van der Waals surface area contributed by atoms with E-state index in [0.29, 0.717) is 16.8 Å². The van der Waals surface area contributed by atoms with Crippen molar-refractivity contribution in [3.8, 4) is 0 Å². The lowest BCUT2D eigenvalue weighted by Gasteiger charge is -2.30. The number of nitrogens with zero attached hydrogens (tertiary/aromatic N) is 3. The molecule has 1 aliphatic rings. The lowest BCUT2D eigenvalue weighted by atomic mass is 10.0. The molecule has 0 spiro atoms. The summed E-state index contributed by atoms with van der Waals surface area (Å²) in [5.41, 5.74) is 2.57. The van der Waals surface area contributed by atoms with E-state index in [1.54, 1.807) is 38.1 Å². The van der Waals surface area contributed by atoms with Gasteiger partial charge in [-0.1, -0.05) is 79.6 Å². The van der Waals surface area contributed by atoms with Gasteiger partial charge < -0.3 is 0 Å². The lowest BCUT2D eigenvalue weighted by Crippen LogP contribution is -2.51. The fourth-order valence-corrected chi connectivity index (χ4v) is 8.12. The number of rotatable bonds is 9. The molecule has 0 saturated carbocycles. The highest BCUT2D eigenvalue weighted by Gasteiger charge is 2.50. The van der Waals surface area contributed by atoms with E-state index in [0.717, 1.165) is 21.7 Å². The van der Waals surface area contributed by atoms with Gasteiger partial charge in [-0.15, -0.1) is 0 Å². The van der Waals surface area contributed by atoms with Crippen molar-refractivity contribution in [2.45, 2.75) is 56.5 Å². The second-order valence-electron chi connectivity index (χ2n) is 10.1. The van der Waals surface area contributed by atoms with Crippen LogP contribution >= 0.6 is 0 Å². The van der Waals surface area contributed by atoms with E-state index >= 15 is 0 Å². The quantitative estimate of drug-likeness (QED) is 0.390. The van der Waals surface area contributed by atoms with Gasteiger partial charge in [-0.25, -0.2) is 21.8 Å². The molecule has 0 radical (unpaired) electrons. The molecule has 0 aromatic heterocycles. The van der Waals surface area contributed by atoms with Crippen LogP contribution < -0.4 is 0 Å². The number of hydrazine groups is 1. The first kappa shape index (κ1) is 28.0. The second-order valence-corrected chi connectivity index (χ2v) is 13.8. The maximum absolute atomic E-state index is 14.0. The third kappa shape index (κ3) is 5.68. The average Bonchev–Trinajstić information content (AvgIpc) is 3.13. The van der Waals surface area contributed by atoms with E-state index in [9.17, 15) is 21.6 Å². The summed E-state index contributed by atoms with van der Waals surface area (Å²) in [5.74, 6) is -0.445. The number of benzene rings is 3. The summed E-state index contributed by atoms with van der Waals surface area (Å²) in [4.78, 5) is 15.3. The zero-order chi connectivity index (χ0) is 27.7. The smallest absolute Gasteiger partial charge is 0.271 e. The largest absolute Gasteiger partial charge is 0.274 e. The molecule has 1 atom stereocenters. The number of hydrogen-bond donors (Lipinski definition) is 0. The minimum absolute atomic E-state index is 0.123. The maximum atomic E-state index is 14.0. The van der Waals surface area contributed by atoms with Crippen LogP contribution in [0.15, 0.2) is 88.7 Å². The number of carbonyl (C=O) groups excluding carboxylic acids is 1. The summed E-state index contributed by atoms with van der Waals surface area (Å²) in [6.07, 6.45) is 0.450. The van der Waals surface area contributed by atoms with Gasteiger partial charge in [0.1, 0.15) is 0 Å². The summed E-state index contributed by atoms with van der Waals surface area (Å²) in [7, 11) is -9.35. The Kier molecular flexibility index (Phi) is 8.08. The Labute approximate surface area is 225 Å². The van der Waals surface area contributed by atoms with Crippen molar-refractivity contribution >= 4 is 26.0 Å². The molecule has 8 nitrogen and oxygen atoms in total. The third-order valence-corrected chi connectivity index (χ3v) is 10.6. The van der Waals surface area contributed by atoms with Gasteiger partial charge in [-0.3, -0.25) is 9.69 Å². The molecule has 1 aliphatic heterocycles. The molecule has 10 heteroatoms. The summed E-state index contributed by atoms with van der Waals surface area (Å²) in [6, 6.07) is 20.6. The highest BCUT2D eigenvalue weighted by atomic mass is 32.3. The number of hydrogen-bond acceptors (Lipinski definition) is 6.